The van der Waals surface area contributed by atoms with E-state index in [9.17, 15) is 14.4 Å². The van der Waals surface area contributed by atoms with Gasteiger partial charge in [0.1, 0.15) is 16.9 Å². The minimum atomic E-state index is -0.807. The standard InChI is InChI=1S/C38H40N6O5/c1-37(2,3)48-34(45)40-33(41-35(46)49-38(4,5)6)39-28-21-23-29(24-22-28)44-31-20-14-13-19-30(31)32(27-17-11-8-12-18-27)42-43(36(44)47)25-26-15-9-7-10-16-26/h7-24H,25H2,1-6H3,(H2,39,40,41,45,46). The molecule has 4 aromatic carbocycles. The molecule has 11 heteroatoms. The van der Waals surface area contributed by atoms with Crippen molar-refractivity contribution in [2.24, 2.45) is 10.1 Å². The molecule has 0 aliphatic carbocycles. The Morgan fingerprint density at radius 1 is 0.714 bits per heavy atom. The van der Waals surface area contributed by atoms with E-state index in [1.54, 1.807) is 70.7 Å². The number of ether oxygens (including phenoxy) is 2. The first-order valence-corrected chi connectivity index (χ1v) is 15.8. The molecule has 4 aromatic rings. The third-order valence-corrected chi connectivity index (χ3v) is 6.84. The number of guanidine groups is 1. The van der Waals surface area contributed by atoms with Crippen molar-refractivity contribution in [2.75, 3.05) is 4.90 Å². The lowest BCUT2D eigenvalue weighted by Crippen LogP contribution is -2.47. The summed E-state index contributed by atoms with van der Waals surface area (Å²) in [5.41, 5.74) is 3.26. The first-order chi connectivity index (χ1) is 23.3. The van der Waals surface area contributed by atoms with Gasteiger partial charge < -0.3 is 9.47 Å². The average molecular weight is 661 g/mol. The summed E-state index contributed by atoms with van der Waals surface area (Å²) in [4.78, 5) is 45.7. The van der Waals surface area contributed by atoms with Crippen LogP contribution in [-0.2, 0) is 16.0 Å². The van der Waals surface area contributed by atoms with E-state index < -0.39 is 23.4 Å². The summed E-state index contributed by atoms with van der Waals surface area (Å²) in [5, 5.41) is 11.4. The highest BCUT2D eigenvalue weighted by molar-refractivity contribution is 6.20. The molecule has 0 bridgehead atoms. The molecule has 0 atom stereocenters. The van der Waals surface area contributed by atoms with Crippen molar-refractivity contribution in [2.45, 2.75) is 59.3 Å². The summed E-state index contributed by atoms with van der Waals surface area (Å²) in [5.74, 6) is -0.192. The number of fused-ring (bicyclic) bond motifs is 1. The summed E-state index contributed by atoms with van der Waals surface area (Å²) in [6.45, 7) is 10.6. The number of hydrazone groups is 1. The van der Waals surface area contributed by atoms with Crippen LogP contribution in [0.3, 0.4) is 0 Å². The summed E-state index contributed by atoms with van der Waals surface area (Å²) in [6.07, 6.45) is -1.61. The van der Waals surface area contributed by atoms with Gasteiger partial charge in [0.05, 0.1) is 23.6 Å². The third kappa shape index (κ3) is 9.32. The van der Waals surface area contributed by atoms with E-state index in [0.29, 0.717) is 22.8 Å². The number of para-hydroxylation sites is 1. The molecular weight excluding hydrogens is 620 g/mol. The summed E-state index contributed by atoms with van der Waals surface area (Å²) < 4.78 is 10.7. The molecule has 2 N–H and O–H groups in total. The number of hydrogen-bond donors (Lipinski definition) is 2. The molecule has 1 heterocycles. The zero-order valence-electron chi connectivity index (χ0n) is 28.4. The quantitative estimate of drug-likeness (QED) is 0.165. The largest absolute Gasteiger partial charge is 0.444 e. The van der Waals surface area contributed by atoms with Gasteiger partial charge in [0.2, 0.25) is 5.96 Å². The van der Waals surface area contributed by atoms with Crippen molar-refractivity contribution in [3.05, 3.63) is 126 Å². The third-order valence-electron chi connectivity index (χ3n) is 6.84. The lowest BCUT2D eigenvalue weighted by molar-refractivity contribution is 0.0545. The highest BCUT2D eigenvalue weighted by Gasteiger charge is 2.31. The number of nitrogens with zero attached hydrogens (tertiary/aromatic N) is 4. The molecule has 0 saturated heterocycles. The molecular formula is C38H40N6O5. The Morgan fingerprint density at radius 2 is 1.24 bits per heavy atom. The fourth-order valence-electron chi connectivity index (χ4n) is 4.92. The van der Waals surface area contributed by atoms with Crippen LogP contribution < -0.4 is 15.5 Å². The van der Waals surface area contributed by atoms with Crippen LogP contribution >= 0.6 is 0 Å². The van der Waals surface area contributed by atoms with Gasteiger partial charge in [-0.05, 0) is 77.4 Å². The van der Waals surface area contributed by atoms with Gasteiger partial charge in [-0.2, -0.15) is 5.10 Å². The Morgan fingerprint density at radius 3 is 1.82 bits per heavy atom. The smallest absolute Gasteiger partial charge is 0.414 e. The minimum absolute atomic E-state index is 0.192. The molecule has 0 saturated carbocycles. The SMILES string of the molecule is CC(C)(C)OC(=O)NC(=Nc1ccc(N2C(=O)N(Cc3ccccc3)N=C(c3ccccc3)c3ccccc32)cc1)NC(=O)OC(C)(C)C. The zero-order valence-corrected chi connectivity index (χ0v) is 28.4. The summed E-state index contributed by atoms with van der Waals surface area (Å²) in [6, 6.07) is 33.5. The number of amides is 4. The molecule has 1 aliphatic rings. The van der Waals surface area contributed by atoms with E-state index in [2.05, 4.69) is 15.6 Å². The van der Waals surface area contributed by atoms with Crippen LogP contribution in [0.25, 0.3) is 0 Å². The predicted molar refractivity (Wildman–Crippen MR) is 190 cm³/mol. The number of aliphatic imine (C=N–C) groups is 1. The Kier molecular flexibility index (Phi) is 10.1. The van der Waals surface area contributed by atoms with Crippen molar-refractivity contribution in [3.8, 4) is 0 Å². The molecule has 11 nitrogen and oxygen atoms in total. The number of alkyl carbamates (subject to hydrolysis) is 2. The van der Waals surface area contributed by atoms with Gasteiger partial charge >= 0.3 is 18.2 Å². The second-order valence-electron chi connectivity index (χ2n) is 13.2. The van der Waals surface area contributed by atoms with E-state index in [4.69, 9.17) is 14.6 Å². The molecule has 1 aliphatic heterocycles. The maximum absolute atomic E-state index is 14.4. The Bertz CT molecular complexity index is 1830. The van der Waals surface area contributed by atoms with Gasteiger partial charge in [-0.25, -0.2) is 24.4 Å². The number of carbonyl (C=O) groups is 3. The number of carbonyl (C=O) groups excluding carboxylic acids is 3. The Hall–Kier alpha value is -5.97. The van der Waals surface area contributed by atoms with Crippen molar-refractivity contribution < 1.29 is 23.9 Å². The van der Waals surface area contributed by atoms with Gasteiger partial charge in [0.15, 0.2) is 0 Å². The van der Waals surface area contributed by atoms with Crippen LogP contribution in [0.2, 0.25) is 0 Å². The summed E-state index contributed by atoms with van der Waals surface area (Å²) >= 11 is 0. The second-order valence-corrected chi connectivity index (χ2v) is 13.2. The minimum Gasteiger partial charge on any atom is -0.444 e. The lowest BCUT2D eigenvalue weighted by Gasteiger charge is -2.27. The van der Waals surface area contributed by atoms with E-state index >= 15 is 0 Å². The van der Waals surface area contributed by atoms with Crippen molar-refractivity contribution in [1.29, 1.82) is 0 Å². The predicted octanol–water partition coefficient (Wildman–Crippen LogP) is 8.25. The second kappa shape index (κ2) is 14.4. The molecule has 0 aromatic heterocycles. The average Bonchev–Trinajstić information content (AvgIpc) is 3.14. The van der Waals surface area contributed by atoms with Gasteiger partial charge in [0.25, 0.3) is 0 Å². The fourth-order valence-corrected chi connectivity index (χ4v) is 4.92. The number of benzene rings is 4. The number of hydrogen-bond acceptors (Lipinski definition) is 7. The van der Waals surface area contributed by atoms with Crippen LogP contribution in [-0.4, -0.2) is 46.1 Å². The monoisotopic (exact) mass is 660 g/mol. The summed E-state index contributed by atoms with van der Waals surface area (Å²) in [7, 11) is 0. The molecule has 4 amide bonds. The highest BCUT2D eigenvalue weighted by atomic mass is 16.6. The topological polar surface area (TPSA) is 125 Å². The maximum atomic E-state index is 14.4. The fraction of sp³-hybridized carbons (Fsp3) is 0.237. The maximum Gasteiger partial charge on any atom is 0.414 e. The van der Waals surface area contributed by atoms with Crippen molar-refractivity contribution in [3.63, 3.8) is 0 Å². The van der Waals surface area contributed by atoms with Crippen LogP contribution in [0.5, 0.6) is 0 Å². The number of urea groups is 1. The molecule has 0 radical (unpaired) electrons. The van der Waals surface area contributed by atoms with E-state index in [0.717, 1.165) is 16.7 Å². The first-order valence-electron chi connectivity index (χ1n) is 15.8. The van der Waals surface area contributed by atoms with Crippen LogP contribution in [0.15, 0.2) is 119 Å². The molecule has 252 valence electrons. The van der Waals surface area contributed by atoms with E-state index in [1.165, 1.54) is 5.01 Å². The van der Waals surface area contributed by atoms with E-state index in [1.807, 2.05) is 84.9 Å². The van der Waals surface area contributed by atoms with Crippen LogP contribution in [0, 0.1) is 0 Å². The van der Waals surface area contributed by atoms with Gasteiger partial charge in [-0.1, -0.05) is 78.9 Å². The van der Waals surface area contributed by atoms with Gasteiger partial charge in [-0.3, -0.25) is 15.5 Å². The molecule has 0 fully saturated rings. The molecule has 49 heavy (non-hydrogen) atoms. The zero-order chi connectivity index (χ0) is 35.2. The number of nitrogens with one attached hydrogen (secondary N) is 2. The molecule has 5 rings (SSSR count). The molecule has 0 unspecified atom stereocenters. The van der Waals surface area contributed by atoms with Crippen LogP contribution in [0.4, 0.5) is 31.4 Å². The molecule has 0 spiro atoms. The highest BCUT2D eigenvalue weighted by Crippen LogP contribution is 2.35. The van der Waals surface area contributed by atoms with Gasteiger partial charge in [-0.15, -0.1) is 0 Å². The Labute approximate surface area is 286 Å². The lowest BCUT2D eigenvalue weighted by atomic mass is 10.00. The Balaban J connectivity index is 1.52. The number of rotatable bonds is 5. The van der Waals surface area contributed by atoms with E-state index in [-0.39, 0.29) is 18.5 Å². The first kappa shape index (κ1) is 34.4. The van der Waals surface area contributed by atoms with Crippen molar-refractivity contribution >= 4 is 47.0 Å². The number of anilines is 2. The van der Waals surface area contributed by atoms with Crippen LogP contribution in [0.1, 0.15) is 58.2 Å². The van der Waals surface area contributed by atoms with Gasteiger partial charge in [0, 0.05) is 11.1 Å². The normalized spacial score (nSPS) is 13.0. The van der Waals surface area contributed by atoms with Crippen molar-refractivity contribution in [1.82, 2.24) is 15.6 Å².